The van der Waals surface area contributed by atoms with Crippen molar-refractivity contribution in [1.82, 2.24) is 14.8 Å². The minimum atomic E-state index is -0.468. The van der Waals surface area contributed by atoms with Crippen LogP contribution >= 0.6 is 0 Å². The number of nitrogens with zero attached hydrogens (tertiary/aromatic N) is 3. The SMILES string of the molecule is CC(C)(C)C(=O)ON1CCC(Cn2ncc3c(N)cccc32)CC1. The Kier molecular flexibility index (Phi) is 4.49. The molecular weight excluding hydrogens is 304 g/mol. The number of nitrogens with two attached hydrogens (primary N) is 1. The normalized spacial score (nSPS) is 17.3. The molecule has 0 bridgehead atoms. The Morgan fingerprint density at radius 2 is 2.04 bits per heavy atom. The summed E-state index contributed by atoms with van der Waals surface area (Å²) < 4.78 is 2.03. The van der Waals surface area contributed by atoms with Crippen molar-refractivity contribution >= 4 is 22.6 Å². The van der Waals surface area contributed by atoms with Crippen LogP contribution in [0.2, 0.25) is 0 Å². The Hall–Kier alpha value is -2.08. The molecule has 6 heteroatoms. The van der Waals surface area contributed by atoms with E-state index in [-0.39, 0.29) is 5.97 Å². The number of rotatable bonds is 3. The van der Waals surface area contributed by atoms with E-state index in [1.807, 2.05) is 43.8 Å². The molecule has 6 nitrogen and oxygen atoms in total. The van der Waals surface area contributed by atoms with Crippen molar-refractivity contribution in [2.24, 2.45) is 11.3 Å². The zero-order valence-corrected chi connectivity index (χ0v) is 14.7. The molecule has 1 aliphatic heterocycles. The molecule has 0 aliphatic carbocycles. The molecule has 2 heterocycles. The summed E-state index contributed by atoms with van der Waals surface area (Å²) in [7, 11) is 0. The monoisotopic (exact) mass is 330 g/mol. The molecule has 0 unspecified atom stereocenters. The van der Waals surface area contributed by atoms with Crippen LogP contribution in [0.4, 0.5) is 5.69 Å². The molecule has 1 saturated heterocycles. The molecule has 0 saturated carbocycles. The van der Waals surface area contributed by atoms with Gasteiger partial charge in [-0.25, -0.2) is 4.79 Å². The number of piperidine rings is 1. The predicted octanol–water partition coefficient (Wildman–Crippen LogP) is 2.83. The molecule has 1 aromatic heterocycles. The van der Waals surface area contributed by atoms with E-state index >= 15 is 0 Å². The first kappa shape index (κ1) is 16.8. The second kappa shape index (κ2) is 6.43. The number of benzene rings is 1. The number of carbonyl (C=O) groups excluding carboxylic acids is 1. The molecule has 3 rings (SSSR count). The van der Waals surface area contributed by atoms with Crippen LogP contribution in [0.15, 0.2) is 24.4 Å². The van der Waals surface area contributed by atoms with E-state index < -0.39 is 5.41 Å². The van der Waals surface area contributed by atoms with E-state index in [0.29, 0.717) is 5.92 Å². The lowest BCUT2D eigenvalue weighted by molar-refractivity contribution is -0.206. The van der Waals surface area contributed by atoms with Gasteiger partial charge in [0.05, 0.1) is 17.1 Å². The van der Waals surface area contributed by atoms with Crippen molar-refractivity contribution in [3.05, 3.63) is 24.4 Å². The average molecular weight is 330 g/mol. The summed E-state index contributed by atoms with van der Waals surface area (Å²) in [6, 6.07) is 5.92. The van der Waals surface area contributed by atoms with Gasteiger partial charge in [-0.3, -0.25) is 4.68 Å². The lowest BCUT2D eigenvalue weighted by Crippen LogP contribution is -2.39. The highest BCUT2D eigenvalue weighted by Gasteiger charge is 2.28. The van der Waals surface area contributed by atoms with Crippen LogP contribution in [0.5, 0.6) is 0 Å². The fraction of sp³-hybridized carbons (Fsp3) is 0.556. The minimum Gasteiger partial charge on any atom is -0.398 e. The number of nitrogen functional groups attached to an aromatic ring is 1. The van der Waals surface area contributed by atoms with Gasteiger partial charge in [0.2, 0.25) is 0 Å². The first-order valence-electron chi connectivity index (χ1n) is 8.52. The second-order valence-corrected chi connectivity index (χ2v) is 7.61. The third-order valence-electron chi connectivity index (χ3n) is 4.55. The third-order valence-corrected chi connectivity index (χ3v) is 4.55. The van der Waals surface area contributed by atoms with E-state index in [1.54, 1.807) is 5.06 Å². The van der Waals surface area contributed by atoms with Crippen LogP contribution in [0.1, 0.15) is 33.6 Å². The highest BCUT2D eigenvalue weighted by atomic mass is 16.7. The molecular formula is C18H26N4O2. The van der Waals surface area contributed by atoms with E-state index in [1.165, 1.54) is 0 Å². The summed E-state index contributed by atoms with van der Waals surface area (Å²) >= 11 is 0. The van der Waals surface area contributed by atoms with Crippen LogP contribution < -0.4 is 5.73 Å². The largest absolute Gasteiger partial charge is 0.398 e. The molecule has 0 atom stereocenters. The van der Waals surface area contributed by atoms with E-state index in [2.05, 4.69) is 11.2 Å². The van der Waals surface area contributed by atoms with Gasteiger partial charge in [0, 0.05) is 30.7 Å². The highest BCUT2D eigenvalue weighted by molar-refractivity contribution is 5.90. The first-order valence-corrected chi connectivity index (χ1v) is 8.52. The van der Waals surface area contributed by atoms with Crippen molar-refractivity contribution in [1.29, 1.82) is 0 Å². The zero-order chi connectivity index (χ0) is 17.3. The summed E-state index contributed by atoms with van der Waals surface area (Å²) in [6.07, 6.45) is 3.81. The Morgan fingerprint density at radius 1 is 1.33 bits per heavy atom. The maximum atomic E-state index is 12.0. The van der Waals surface area contributed by atoms with Crippen LogP contribution in [-0.4, -0.2) is 33.9 Å². The second-order valence-electron chi connectivity index (χ2n) is 7.61. The molecule has 1 aliphatic rings. The number of hydroxylamine groups is 2. The summed E-state index contributed by atoms with van der Waals surface area (Å²) in [6.45, 7) is 8.03. The number of fused-ring (bicyclic) bond motifs is 1. The standard InChI is InChI=1S/C18H26N4O2/c1-18(2,3)17(23)24-21-9-7-13(8-10-21)12-22-16-6-4-5-15(19)14(16)11-20-22/h4-6,11,13H,7-10,12,19H2,1-3H3. The highest BCUT2D eigenvalue weighted by Crippen LogP contribution is 2.25. The lowest BCUT2D eigenvalue weighted by Gasteiger charge is -2.32. The Morgan fingerprint density at radius 3 is 2.71 bits per heavy atom. The maximum absolute atomic E-state index is 12.0. The smallest absolute Gasteiger partial charge is 0.330 e. The van der Waals surface area contributed by atoms with Crippen molar-refractivity contribution in [3.63, 3.8) is 0 Å². The van der Waals surface area contributed by atoms with E-state index in [0.717, 1.165) is 49.1 Å². The lowest BCUT2D eigenvalue weighted by atomic mass is 9.97. The van der Waals surface area contributed by atoms with Crippen LogP contribution in [0, 0.1) is 11.3 Å². The first-order chi connectivity index (χ1) is 11.3. The van der Waals surface area contributed by atoms with Crippen LogP contribution in [-0.2, 0) is 16.2 Å². The van der Waals surface area contributed by atoms with Gasteiger partial charge in [0.1, 0.15) is 0 Å². The fourth-order valence-electron chi connectivity index (χ4n) is 2.95. The van der Waals surface area contributed by atoms with Gasteiger partial charge in [-0.1, -0.05) is 6.07 Å². The van der Waals surface area contributed by atoms with Gasteiger partial charge < -0.3 is 10.6 Å². The Bertz CT molecular complexity index is 724. The quantitative estimate of drug-likeness (QED) is 0.876. The van der Waals surface area contributed by atoms with Gasteiger partial charge in [-0.15, -0.1) is 5.06 Å². The number of carbonyl (C=O) groups is 1. The van der Waals surface area contributed by atoms with E-state index in [4.69, 9.17) is 10.6 Å². The molecule has 1 fully saturated rings. The van der Waals surface area contributed by atoms with E-state index in [9.17, 15) is 4.79 Å². The molecule has 1 aromatic carbocycles. The van der Waals surface area contributed by atoms with Gasteiger partial charge >= 0.3 is 5.97 Å². The number of hydrogen-bond donors (Lipinski definition) is 1. The third kappa shape index (κ3) is 3.53. The Labute approximate surface area is 142 Å². The summed E-state index contributed by atoms with van der Waals surface area (Å²) in [5.41, 5.74) is 7.37. The molecule has 0 spiro atoms. The van der Waals surface area contributed by atoms with Crippen molar-refractivity contribution in [2.75, 3.05) is 18.8 Å². The fourth-order valence-corrected chi connectivity index (χ4v) is 2.95. The van der Waals surface area contributed by atoms with Crippen molar-refractivity contribution in [2.45, 2.75) is 40.2 Å². The summed E-state index contributed by atoms with van der Waals surface area (Å²) in [4.78, 5) is 17.4. The maximum Gasteiger partial charge on any atom is 0.330 e. The predicted molar refractivity (Wildman–Crippen MR) is 94.0 cm³/mol. The topological polar surface area (TPSA) is 73.4 Å². The molecule has 0 amide bonds. The zero-order valence-electron chi connectivity index (χ0n) is 14.7. The molecule has 130 valence electrons. The Balaban J connectivity index is 1.57. The van der Waals surface area contributed by atoms with Gasteiger partial charge in [-0.05, 0) is 51.7 Å². The van der Waals surface area contributed by atoms with Crippen LogP contribution in [0.25, 0.3) is 10.9 Å². The van der Waals surface area contributed by atoms with Gasteiger partial charge in [0.15, 0.2) is 0 Å². The minimum absolute atomic E-state index is 0.172. The van der Waals surface area contributed by atoms with Crippen molar-refractivity contribution < 1.29 is 9.63 Å². The van der Waals surface area contributed by atoms with Crippen LogP contribution in [0.3, 0.4) is 0 Å². The molecule has 2 N–H and O–H groups in total. The summed E-state index contributed by atoms with van der Waals surface area (Å²) in [5, 5.41) is 7.29. The number of hydrogen-bond acceptors (Lipinski definition) is 5. The van der Waals surface area contributed by atoms with Gasteiger partial charge in [0.25, 0.3) is 0 Å². The average Bonchev–Trinajstić information content (AvgIpc) is 2.93. The molecule has 24 heavy (non-hydrogen) atoms. The molecule has 0 radical (unpaired) electrons. The van der Waals surface area contributed by atoms with Crippen molar-refractivity contribution in [3.8, 4) is 0 Å². The molecule has 2 aromatic rings. The van der Waals surface area contributed by atoms with Gasteiger partial charge in [-0.2, -0.15) is 5.10 Å². The summed E-state index contributed by atoms with van der Waals surface area (Å²) in [5.74, 6) is 0.355. The number of aromatic nitrogens is 2. The number of anilines is 1.